The largest absolute Gasteiger partial charge is 0.480 e. The predicted octanol–water partition coefficient (Wildman–Crippen LogP) is 2.89. The number of rotatable bonds is 5. The Morgan fingerprint density at radius 1 is 1.26 bits per heavy atom. The monoisotopic (exact) mass is 332 g/mol. The highest BCUT2D eigenvalue weighted by Crippen LogP contribution is 2.25. The summed E-state index contributed by atoms with van der Waals surface area (Å²) in [6.07, 6.45) is 0.493. The number of nitrogens with zero attached hydrogens (tertiary/aromatic N) is 4. The van der Waals surface area contributed by atoms with Gasteiger partial charge in [-0.3, -0.25) is 4.79 Å². The van der Waals surface area contributed by atoms with Gasteiger partial charge < -0.3 is 5.11 Å². The van der Waals surface area contributed by atoms with E-state index in [4.69, 9.17) is 5.11 Å². The summed E-state index contributed by atoms with van der Waals surface area (Å²) in [5.41, 5.74) is 1.22. The maximum absolute atomic E-state index is 13.0. The molecule has 6 nitrogen and oxygen atoms in total. The van der Waals surface area contributed by atoms with Crippen LogP contribution in [0.25, 0.3) is 17.0 Å². The molecular formula is C15H13FN4O2S. The number of aliphatic carboxylic acids is 1. The minimum absolute atomic E-state index is 0.334. The topological polar surface area (TPSA) is 80.4 Å². The smallest absolute Gasteiger partial charge is 0.317 e. The Kier molecular flexibility index (Phi) is 4.24. The van der Waals surface area contributed by atoms with Crippen LogP contribution < -0.4 is 0 Å². The SMILES string of the molecule is CC[C@H](Sc1ccc2nnc(-c3ccc(F)cc3)n2n1)C(=O)O. The van der Waals surface area contributed by atoms with Crippen LogP contribution >= 0.6 is 11.8 Å². The van der Waals surface area contributed by atoms with Crippen molar-refractivity contribution in [3.63, 3.8) is 0 Å². The molecule has 3 rings (SSSR count). The van der Waals surface area contributed by atoms with Gasteiger partial charge in [0.2, 0.25) is 0 Å². The van der Waals surface area contributed by atoms with Crippen LogP contribution in [-0.4, -0.2) is 36.1 Å². The van der Waals surface area contributed by atoms with Crippen LogP contribution in [0, 0.1) is 5.82 Å². The second kappa shape index (κ2) is 6.33. The van der Waals surface area contributed by atoms with Crippen molar-refractivity contribution in [1.29, 1.82) is 0 Å². The van der Waals surface area contributed by atoms with Gasteiger partial charge in [0.25, 0.3) is 0 Å². The molecule has 0 saturated carbocycles. The Bertz CT molecular complexity index is 850. The van der Waals surface area contributed by atoms with Crippen molar-refractivity contribution >= 4 is 23.4 Å². The van der Waals surface area contributed by atoms with Gasteiger partial charge in [-0.2, -0.15) is 9.61 Å². The number of aromatic nitrogens is 4. The molecule has 23 heavy (non-hydrogen) atoms. The quantitative estimate of drug-likeness (QED) is 0.724. The summed E-state index contributed by atoms with van der Waals surface area (Å²) >= 11 is 1.17. The molecule has 0 fully saturated rings. The zero-order chi connectivity index (χ0) is 16.4. The van der Waals surface area contributed by atoms with E-state index in [1.165, 1.54) is 28.4 Å². The van der Waals surface area contributed by atoms with Crippen LogP contribution in [-0.2, 0) is 4.79 Å². The van der Waals surface area contributed by atoms with Crippen molar-refractivity contribution in [2.75, 3.05) is 0 Å². The van der Waals surface area contributed by atoms with Gasteiger partial charge in [-0.15, -0.1) is 10.2 Å². The predicted molar refractivity (Wildman–Crippen MR) is 83.7 cm³/mol. The van der Waals surface area contributed by atoms with Gasteiger partial charge in [0.05, 0.1) is 0 Å². The Hall–Kier alpha value is -2.48. The van der Waals surface area contributed by atoms with E-state index in [-0.39, 0.29) is 5.82 Å². The van der Waals surface area contributed by atoms with Gasteiger partial charge in [0.1, 0.15) is 16.1 Å². The number of carboxylic acid groups (broad SMARTS) is 1. The zero-order valence-electron chi connectivity index (χ0n) is 12.2. The van der Waals surface area contributed by atoms with Crippen LogP contribution in [0.5, 0.6) is 0 Å². The van der Waals surface area contributed by atoms with Crippen molar-refractivity contribution in [3.8, 4) is 11.4 Å². The molecule has 2 aromatic heterocycles. The molecule has 0 spiro atoms. The van der Waals surface area contributed by atoms with Gasteiger partial charge >= 0.3 is 5.97 Å². The number of halogens is 1. The third-order valence-corrected chi connectivity index (χ3v) is 4.53. The van der Waals surface area contributed by atoms with Crippen LogP contribution in [0.15, 0.2) is 41.4 Å². The Morgan fingerprint density at radius 2 is 2.00 bits per heavy atom. The Morgan fingerprint density at radius 3 is 2.65 bits per heavy atom. The third kappa shape index (κ3) is 3.16. The van der Waals surface area contributed by atoms with E-state index < -0.39 is 11.2 Å². The first-order chi connectivity index (χ1) is 11.1. The molecule has 0 aliphatic carbocycles. The second-order valence-corrected chi connectivity index (χ2v) is 6.05. The molecule has 0 amide bonds. The molecule has 0 aliphatic heterocycles. The van der Waals surface area contributed by atoms with Crippen LogP contribution in [0.1, 0.15) is 13.3 Å². The molecule has 3 aromatic rings. The summed E-state index contributed by atoms with van der Waals surface area (Å²) < 4.78 is 14.6. The van der Waals surface area contributed by atoms with Gasteiger partial charge in [0.15, 0.2) is 11.5 Å². The van der Waals surface area contributed by atoms with Gasteiger partial charge in [0, 0.05) is 5.56 Å². The van der Waals surface area contributed by atoms with Crippen molar-refractivity contribution < 1.29 is 14.3 Å². The average Bonchev–Trinajstić information content (AvgIpc) is 2.96. The zero-order valence-corrected chi connectivity index (χ0v) is 13.0. The van der Waals surface area contributed by atoms with E-state index in [1.54, 1.807) is 24.3 Å². The molecule has 0 unspecified atom stereocenters. The highest BCUT2D eigenvalue weighted by Gasteiger charge is 2.18. The van der Waals surface area contributed by atoms with E-state index in [2.05, 4.69) is 15.3 Å². The number of benzene rings is 1. The Labute approximate surface area is 135 Å². The molecule has 0 radical (unpaired) electrons. The first-order valence-corrected chi connectivity index (χ1v) is 7.84. The highest BCUT2D eigenvalue weighted by atomic mass is 32.2. The summed E-state index contributed by atoms with van der Waals surface area (Å²) in [7, 11) is 0. The molecule has 1 N–H and O–H groups in total. The lowest BCUT2D eigenvalue weighted by Crippen LogP contribution is -2.15. The molecule has 1 aromatic carbocycles. The van der Waals surface area contributed by atoms with Gasteiger partial charge in [-0.25, -0.2) is 4.39 Å². The van der Waals surface area contributed by atoms with E-state index in [1.807, 2.05) is 6.92 Å². The average molecular weight is 332 g/mol. The molecule has 0 bridgehead atoms. The highest BCUT2D eigenvalue weighted by molar-refractivity contribution is 8.00. The lowest BCUT2D eigenvalue weighted by atomic mass is 10.2. The van der Waals surface area contributed by atoms with Gasteiger partial charge in [-0.05, 0) is 42.8 Å². The summed E-state index contributed by atoms with van der Waals surface area (Å²) in [6.45, 7) is 1.81. The fourth-order valence-electron chi connectivity index (χ4n) is 2.07. The fourth-order valence-corrected chi connectivity index (χ4v) is 2.90. The van der Waals surface area contributed by atoms with E-state index >= 15 is 0 Å². The number of fused-ring (bicyclic) bond motifs is 1. The fraction of sp³-hybridized carbons (Fsp3) is 0.200. The summed E-state index contributed by atoms with van der Waals surface area (Å²) in [4.78, 5) is 11.2. The lowest BCUT2D eigenvalue weighted by molar-refractivity contribution is -0.136. The number of carbonyl (C=O) groups is 1. The maximum Gasteiger partial charge on any atom is 0.317 e. The second-order valence-electron chi connectivity index (χ2n) is 4.83. The molecule has 118 valence electrons. The van der Waals surface area contributed by atoms with E-state index in [0.717, 1.165) is 0 Å². The molecule has 8 heteroatoms. The first kappa shape index (κ1) is 15.4. The number of hydrogen-bond acceptors (Lipinski definition) is 5. The standard InChI is InChI=1S/C15H13FN4O2S/c1-2-11(15(21)22)23-13-8-7-12-17-18-14(20(12)19-13)9-3-5-10(16)6-4-9/h3-8,11H,2H2,1H3,(H,21,22)/t11-/m0/s1. The minimum Gasteiger partial charge on any atom is -0.480 e. The van der Waals surface area contributed by atoms with Crippen molar-refractivity contribution in [3.05, 3.63) is 42.2 Å². The van der Waals surface area contributed by atoms with Crippen LogP contribution in [0.3, 0.4) is 0 Å². The summed E-state index contributed by atoms with van der Waals surface area (Å²) in [5.74, 6) is -0.730. The normalized spacial score (nSPS) is 12.4. The number of carboxylic acids is 1. The van der Waals surface area contributed by atoms with Crippen LogP contribution in [0.4, 0.5) is 4.39 Å². The summed E-state index contributed by atoms with van der Waals surface area (Å²) in [5, 5.41) is 21.7. The summed E-state index contributed by atoms with van der Waals surface area (Å²) in [6, 6.07) is 9.32. The van der Waals surface area contributed by atoms with Gasteiger partial charge in [-0.1, -0.05) is 18.7 Å². The van der Waals surface area contributed by atoms with Crippen molar-refractivity contribution in [2.24, 2.45) is 0 Å². The number of thioether (sulfide) groups is 1. The maximum atomic E-state index is 13.0. The third-order valence-electron chi connectivity index (χ3n) is 3.25. The van der Waals surface area contributed by atoms with E-state index in [9.17, 15) is 9.18 Å². The molecule has 1 atom stereocenters. The minimum atomic E-state index is -0.873. The first-order valence-electron chi connectivity index (χ1n) is 6.96. The number of hydrogen-bond donors (Lipinski definition) is 1. The van der Waals surface area contributed by atoms with Crippen molar-refractivity contribution in [2.45, 2.75) is 23.6 Å². The molecular weight excluding hydrogens is 319 g/mol. The molecule has 2 heterocycles. The van der Waals surface area contributed by atoms with E-state index in [0.29, 0.717) is 28.5 Å². The molecule has 0 aliphatic rings. The lowest BCUT2D eigenvalue weighted by Gasteiger charge is -2.08. The molecule has 0 saturated heterocycles. The Balaban J connectivity index is 2.00. The van der Waals surface area contributed by atoms with Crippen LogP contribution in [0.2, 0.25) is 0 Å². The van der Waals surface area contributed by atoms with Crippen molar-refractivity contribution in [1.82, 2.24) is 19.8 Å².